The van der Waals surface area contributed by atoms with E-state index in [0.717, 1.165) is 6.07 Å². The first kappa shape index (κ1) is 15.6. The van der Waals surface area contributed by atoms with Gasteiger partial charge < -0.3 is 10.0 Å². The molecule has 1 heterocycles. The van der Waals surface area contributed by atoms with Gasteiger partial charge in [-0.1, -0.05) is 6.92 Å². The van der Waals surface area contributed by atoms with Gasteiger partial charge in [0.25, 0.3) is 0 Å². The van der Waals surface area contributed by atoms with E-state index >= 15 is 0 Å². The van der Waals surface area contributed by atoms with Crippen LogP contribution >= 0.6 is 0 Å². The normalized spacial score (nSPS) is 26.0. The minimum absolute atomic E-state index is 0.0244. The summed E-state index contributed by atoms with van der Waals surface area (Å²) in [5.41, 5.74) is -1.80. The van der Waals surface area contributed by atoms with Gasteiger partial charge in [0.15, 0.2) is 0 Å². The van der Waals surface area contributed by atoms with Crippen molar-refractivity contribution < 1.29 is 18.3 Å². The van der Waals surface area contributed by atoms with E-state index in [1.165, 1.54) is 12.1 Å². The topological polar surface area (TPSA) is 47.3 Å². The van der Waals surface area contributed by atoms with Gasteiger partial charge in [0, 0.05) is 12.2 Å². The van der Waals surface area contributed by atoms with Crippen LogP contribution in [-0.4, -0.2) is 23.3 Å². The summed E-state index contributed by atoms with van der Waals surface area (Å²) in [6.45, 7) is 3.92. The molecule has 114 valence electrons. The average molecular weight is 298 g/mol. The van der Waals surface area contributed by atoms with Crippen molar-refractivity contribution in [1.29, 1.82) is 5.26 Å². The van der Waals surface area contributed by atoms with Crippen LogP contribution in [0.5, 0.6) is 0 Å². The van der Waals surface area contributed by atoms with Crippen molar-refractivity contribution >= 4 is 5.69 Å². The number of anilines is 1. The molecular weight excluding hydrogens is 281 g/mol. The minimum atomic E-state index is -4.53. The van der Waals surface area contributed by atoms with Gasteiger partial charge in [0.2, 0.25) is 0 Å². The van der Waals surface area contributed by atoms with E-state index in [4.69, 9.17) is 5.26 Å². The van der Waals surface area contributed by atoms with Crippen LogP contribution in [0.2, 0.25) is 0 Å². The molecule has 1 aromatic rings. The number of nitriles is 1. The van der Waals surface area contributed by atoms with E-state index in [2.05, 4.69) is 0 Å². The molecule has 6 heteroatoms. The molecule has 0 aromatic heterocycles. The van der Waals surface area contributed by atoms with Gasteiger partial charge in [-0.3, -0.25) is 0 Å². The molecule has 0 radical (unpaired) electrons. The number of alkyl halides is 3. The lowest BCUT2D eigenvalue weighted by Crippen LogP contribution is -2.42. The molecule has 0 aliphatic carbocycles. The number of benzene rings is 1. The van der Waals surface area contributed by atoms with Crippen LogP contribution in [-0.2, 0) is 6.18 Å². The molecule has 21 heavy (non-hydrogen) atoms. The monoisotopic (exact) mass is 298 g/mol. The third-order valence-corrected chi connectivity index (χ3v) is 4.38. The first-order chi connectivity index (χ1) is 9.73. The largest absolute Gasteiger partial charge is 0.418 e. The molecule has 1 aliphatic rings. The Kier molecular flexibility index (Phi) is 3.89. The summed E-state index contributed by atoms with van der Waals surface area (Å²) in [5, 5.41) is 19.2. The predicted molar refractivity (Wildman–Crippen MR) is 72.8 cm³/mol. The third kappa shape index (κ3) is 2.70. The van der Waals surface area contributed by atoms with Gasteiger partial charge in [-0.05, 0) is 38.0 Å². The third-order valence-electron chi connectivity index (χ3n) is 4.38. The highest BCUT2D eigenvalue weighted by atomic mass is 19.4. The van der Waals surface area contributed by atoms with Crippen LogP contribution in [0, 0.1) is 11.3 Å². The Morgan fingerprint density at radius 1 is 1.48 bits per heavy atom. The Hall–Kier alpha value is -1.74. The summed E-state index contributed by atoms with van der Waals surface area (Å²) in [4.78, 5) is 1.58. The predicted octanol–water partition coefficient (Wildman–Crippen LogP) is 3.32. The van der Waals surface area contributed by atoms with E-state index in [1.54, 1.807) is 17.9 Å². The molecule has 1 aromatic carbocycles. The summed E-state index contributed by atoms with van der Waals surface area (Å²) in [7, 11) is 0. The first-order valence-electron chi connectivity index (χ1n) is 6.83. The standard InChI is InChI=1S/C15H17F3N2O/c1-3-14(21)6-7-20(10(14)2)13-5-4-11(9-19)8-12(13)15(16,17)18/h4-5,8,10,21H,3,6-7H2,1-2H3/t10-,14-/m0/s1. The number of nitrogens with zero attached hydrogens (tertiary/aromatic N) is 2. The minimum Gasteiger partial charge on any atom is -0.388 e. The fraction of sp³-hybridized carbons (Fsp3) is 0.533. The van der Waals surface area contributed by atoms with Crippen LogP contribution in [0.4, 0.5) is 18.9 Å². The molecule has 0 spiro atoms. The Morgan fingerprint density at radius 3 is 2.62 bits per heavy atom. The van der Waals surface area contributed by atoms with Crippen LogP contribution < -0.4 is 4.90 Å². The molecule has 1 aliphatic heterocycles. The van der Waals surface area contributed by atoms with E-state index in [1.807, 2.05) is 6.92 Å². The van der Waals surface area contributed by atoms with Crippen molar-refractivity contribution in [2.45, 2.75) is 44.5 Å². The van der Waals surface area contributed by atoms with Crippen molar-refractivity contribution in [3.8, 4) is 6.07 Å². The molecule has 1 saturated heterocycles. The van der Waals surface area contributed by atoms with Crippen molar-refractivity contribution in [2.24, 2.45) is 0 Å². The van der Waals surface area contributed by atoms with Gasteiger partial charge in [-0.15, -0.1) is 0 Å². The maximum atomic E-state index is 13.2. The van der Waals surface area contributed by atoms with Crippen molar-refractivity contribution in [1.82, 2.24) is 0 Å². The second-order valence-corrected chi connectivity index (χ2v) is 5.42. The number of halogens is 3. The zero-order chi connectivity index (χ0) is 15.8. The smallest absolute Gasteiger partial charge is 0.388 e. The maximum Gasteiger partial charge on any atom is 0.418 e. The van der Waals surface area contributed by atoms with E-state index in [0.29, 0.717) is 19.4 Å². The lowest BCUT2D eigenvalue weighted by molar-refractivity contribution is -0.137. The van der Waals surface area contributed by atoms with E-state index in [9.17, 15) is 18.3 Å². The Morgan fingerprint density at radius 2 is 2.14 bits per heavy atom. The SMILES string of the molecule is CC[C@]1(O)CCN(c2ccc(C#N)cc2C(F)(F)F)[C@H]1C. The van der Waals surface area contributed by atoms with Gasteiger partial charge >= 0.3 is 6.18 Å². The fourth-order valence-electron chi connectivity index (χ4n) is 2.89. The Balaban J connectivity index is 2.48. The number of rotatable bonds is 2. The number of hydrogen-bond donors (Lipinski definition) is 1. The Labute approximate surface area is 121 Å². The summed E-state index contributed by atoms with van der Waals surface area (Å²) in [6, 6.07) is 4.88. The quantitative estimate of drug-likeness (QED) is 0.911. The van der Waals surface area contributed by atoms with Crippen LogP contribution in [0.3, 0.4) is 0 Å². The van der Waals surface area contributed by atoms with Gasteiger partial charge in [0.1, 0.15) is 0 Å². The molecule has 2 atom stereocenters. The average Bonchev–Trinajstić information content (AvgIpc) is 2.74. The highest BCUT2D eigenvalue weighted by Gasteiger charge is 2.44. The highest BCUT2D eigenvalue weighted by molar-refractivity contribution is 5.59. The number of aliphatic hydroxyl groups is 1. The lowest BCUT2D eigenvalue weighted by atomic mass is 9.92. The highest BCUT2D eigenvalue weighted by Crippen LogP contribution is 2.42. The number of hydrogen-bond acceptors (Lipinski definition) is 3. The molecule has 1 fully saturated rings. The van der Waals surface area contributed by atoms with Crippen LogP contribution in [0.25, 0.3) is 0 Å². The van der Waals surface area contributed by atoms with E-state index in [-0.39, 0.29) is 11.3 Å². The molecular formula is C15H17F3N2O. The second-order valence-electron chi connectivity index (χ2n) is 5.42. The molecule has 0 unspecified atom stereocenters. The van der Waals surface area contributed by atoms with Gasteiger partial charge in [0.05, 0.1) is 28.8 Å². The van der Waals surface area contributed by atoms with E-state index < -0.39 is 23.4 Å². The summed E-state index contributed by atoms with van der Waals surface area (Å²) < 4.78 is 39.7. The van der Waals surface area contributed by atoms with Crippen LogP contribution in [0.1, 0.15) is 37.8 Å². The zero-order valence-electron chi connectivity index (χ0n) is 11.9. The molecule has 3 nitrogen and oxygen atoms in total. The zero-order valence-corrected chi connectivity index (χ0v) is 11.9. The first-order valence-corrected chi connectivity index (χ1v) is 6.83. The summed E-state index contributed by atoms with van der Waals surface area (Å²) in [5.74, 6) is 0. The van der Waals surface area contributed by atoms with Crippen molar-refractivity contribution in [2.75, 3.05) is 11.4 Å². The molecule has 0 amide bonds. The fourth-order valence-corrected chi connectivity index (χ4v) is 2.89. The van der Waals surface area contributed by atoms with Crippen LogP contribution in [0.15, 0.2) is 18.2 Å². The maximum absolute atomic E-state index is 13.2. The summed E-state index contributed by atoms with van der Waals surface area (Å²) >= 11 is 0. The molecule has 2 rings (SSSR count). The van der Waals surface area contributed by atoms with Gasteiger partial charge in [-0.2, -0.15) is 18.4 Å². The molecule has 0 saturated carbocycles. The van der Waals surface area contributed by atoms with Crippen molar-refractivity contribution in [3.63, 3.8) is 0 Å². The molecule has 0 bridgehead atoms. The Bertz CT molecular complexity index is 579. The lowest BCUT2D eigenvalue weighted by Gasteiger charge is -2.33. The van der Waals surface area contributed by atoms with Crippen molar-refractivity contribution in [3.05, 3.63) is 29.3 Å². The second kappa shape index (κ2) is 5.23. The summed E-state index contributed by atoms with van der Waals surface area (Å²) in [6.07, 6.45) is -3.61. The van der Waals surface area contributed by atoms with Gasteiger partial charge in [-0.25, -0.2) is 0 Å². The molecule has 1 N–H and O–H groups in total.